The molecule has 0 N–H and O–H groups in total. The molecule has 1 aromatic carbocycles. The van der Waals surface area contributed by atoms with E-state index >= 15 is 0 Å². The number of hydrogen-bond donors (Lipinski definition) is 0. The molecular weight excluding hydrogens is 269 g/mol. The van der Waals surface area contributed by atoms with Crippen molar-refractivity contribution in [3.8, 4) is 0 Å². The Labute approximate surface area is 115 Å². The van der Waals surface area contributed by atoms with Crippen LogP contribution in [0.3, 0.4) is 0 Å². The summed E-state index contributed by atoms with van der Waals surface area (Å²) < 4.78 is 18.6. The molecular formula is C14H13ClFNO2. The maximum Gasteiger partial charge on any atom is 0.258 e. The first-order valence-corrected chi connectivity index (χ1v) is 6.14. The van der Waals surface area contributed by atoms with Gasteiger partial charge in [0.15, 0.2) is 0 Å². The van der Waals surface area contributed by atoms with Crippen LogP contribution in [0.2, 0.25) is 5.22 Å². The van der Waals surface area contributed by atoms with Crippen molar-refractivity contribution in [1.82, 2.24) is 4.90 Å². The van der Waals surface area contributed by atoms with Crippen LogP contribution in [0.1, 0.15) is 28.9 Å². The molecule has 1 aromatic heterocycles. The van der Waals surface area contributed by atoms with E-state index in [2.05, 4.69) is 0 Å². The average molecular weight is 282 g/mol. The van der Waals surface area contributed by atoms with Gasteiger partial charge in [0.05, 0.1) is 17.9 Å². The highest BCUT2D eigenvalue weighted by molar-refractivity contribution is 6.32. The van der Waals surface area contributed by atoms with Gasteiger partial charge in [-0.05, 0) is 30.7 Å². The molecule has 2 aromatic rings. The first-order valence-electron chi connectivity index (χ1n) is 5.77. The fourth-order valence-corrected chi connectivity index (χ4v) is 2.03. The zero-order valence-corrected chi connectivity index (χ0v) is 11.3. The van der Waals surface area contributed by atoms with Crippen molar-refractivity contribution in [1.29, 1.82) is 0 Å². The number of benzene rings is 1. The summed E-state index contributed by atoms with van der Waals surface area (Å²) in [7, 11) is 1.60. The van der Waals surface area contributed by atoms with Gasteiger partial charge in [-0.1, -0.05) is 18.2 Å². The van der Waals surface area contributed by atoms with E-state index in [1.807, 2.05) is 0 Å². The lowest BCUT2D eigenvalue weighted by Gasteiger charge is -2.25. The molecule has 0 radical (unpaired) electrons. The number of carbonyl (C=O) groups is 1. The Balaban J connectivity index is 2.25. The second-order valence-electron chi connectivity index (χ2n) is 4.22. The Morgan fingerprint density at radius 1 is 1.37 bits per heavy atom. The van der Waals surface area contributed by atoms with E-state index in [1.165, 1.54) is 23.3 Å². The molecule has 3 nitrogen and oxygen atoms in total. The summed E-state index contributed by atoms with van der Waals surface area (Å²) in [6.07, 6.45) is 1.34. The second kappa shape index (κ2) is 5.45. The number of carbonyl (C=O) groups excluding carboxylic acids is 1. The van der Waals surface area contributed by atoms with Crippen LogP contribution >= 0.6 is 11.6 Å². The van der Waals surface area contributed by atoms with Crippen LogP contribution in [0, 0.1) is 5.82 Å². The van der Waals surface area contributed by atoms with Gasteiger partial charge in [-0.3, -0.25) is 4.79 Å². The Morgan fingerprint density at radius 3 is 2.63 bits per heavy atom. The smallest absolute Gasteiger partial charge is 0.258 e. The van der Waals surface area contributed by atoms with Crippen LogP contribution in [0.5, 0.6) is 0 Å². The van der Waals surface area contributed by atoms with Crippen molar-refractivity contribution in [3.05, 3.63) is 58.8 Å². The van der Waals surface area contributed by atoms with Gasteiger partial charge in [0.2, 0.25) is 5.22 Å². The Bertz CT molecular complexity index is 597. The Hall–Kier alpha value is -1.81. The third-order valence-electron chi connectivity index (χ3n) is 3.10. The zero-order chi connectivity index (χ0) is 14.0. The van der Waals surface area contributed by atoms with Crippen LogP contribution < -0.4 is 0 Å². The largest absolute Gasteiger partial charge is 0.452 e. The lowest BCUT2D eigenvalue weighted by Crippen LogP contribution is -2.30. The number of furan rings is 1. The first-order chi connectivity index (χ1) is 9.02. The summed E-state index contributed by atoms with van der Waals surface area (Å²) >= 11 is 5.77. The normalized spacial score (nSPS) is 12.2. The van der Waals surface area contributed by atoms with E-state index in [0.29, 0.717) is 5.56 Å². The van der Waals surface area contributed by atoms with Gasteiger partial charge in [0.25, 0.3) is 5.91 Å². The number of nitrogens with zero attached hydrogens (tertiary/aromatic N) is 1. The van der Waals surface area contributed by atoms with E-state index in [-0.39, 0.29) is 22.5 Å². The van der Waals surface area contributed by atoms with E-state index in [0.717, 1.165) is 0 Å². The van der Waals surface area contributed by atoms with Gasteiger partial charge in [-0.2, -0.15) is 0 Å². The molecule has 0 aliphatic heterocycles. The van der Waals surface area contributed by atoms with Crippen LogP contribution in [0.15, 0.2) is 41.0 Å². The number of hydrogen-bond acceptors (Lipinski definition) is 2. The van der Waals surface area contributed by atoms with Crippen LogP contribution in [0.4, 0.5) is 4.39 Å². The maximum absolute atomic E-state index is 13.7. The monoisotopic (exact) mass is 281 g/mol. The number of halogens is 2. The lowest BCUT2D eigenvalue weighted by atomic mass is 10.1. The Kier molecular flexibility index (Phi) is 3.90. The molecule has 1 amide bonds. The first kappa shape index (κ1) is 13.6. The Morgan fingerprint density at radius 2 is 2.05 bits per heavy atom. The summed E-state index contributed by atoms with van der Waals surface area (Å²) in [4.78, 5) is 13.6. The SMILES string of the molecule is CC(c1ccccc1F)N(C)C(=O)c1ccoc1Cl. The van der Waals surface area contributed by atoms with E-state index in [9.17, 15) is 9.18 Å². The molecule has 5 heteroatoms. The molecule has 0 spiro atoms. The molecule has 19 heavy (non-hydrogen) atoms. The topological polar surface area (TPSA) is 33.5 Å². The summed E-state index contributed by atoms with van der Waals surface area (Å²) in [5, 5.41) is 0.0394. The van der Waals surface area contributed by atoms with Crippen molar-refractivity contribution in [2.45, 2.75) is 13.0 Å². The fourth-order valence-electron chi connectivity index (χ4n) is 1.83. The van der Waals surface area contributed by atoms with Crippen LogP contribution in [0.25, 0.3) is 0 Å². The van der Waals surface area contributed by atoms with Gasteiger partial charge >= 0.3 is 0 Å². The predicted octanol–water partition coefficient (Wildman–Crippen LogP) is 3.91. The summed E-state index contributed by atoms with van der Waals surface area (Å²) in [6.45, 7) is 1.75. The van der Waals surface area contributed by atoms with Crippen molar-refractivity contribution >= 4 is 17.5 Å². The van der Waals surface area contributed by atoms with E-state index in [4.69, 9.17) is 16.0 Å². The molecule has 0 saturated carbocycles. The zero-order valence-electron chi connectivity index (χ0n) is 10.6. The molecule has 0 bridgehead atoms. The van der Waals surface area contributed by atoms with Crippen molar-refractivity contribution in [2.24, 2.45) is 0 Å². The predicted molar refractivity (Wildman–Crippen MR) is 70.6 cm³/mol. The van der Waals surface area contributed by atoms with Crippen molar-refractivity contribution in [2.75, 3.05) is 7.05 Å². The van der Waals surface area contributed by atoms with Crippen LogP contribution in [-0.2, 0) is 0 Å². The number of rotatable bonds is 3. The van der Waals surface area contributed by atoms with Gasteiger partial charge in [0.1, 0.15) is 5.82 Å². The summed E-state index contributed by atoms with van der Waals surface area (Å²) in [5.74, 6) is -0.651. The van der Waals surface area contributed by atoms with Crippen LogP contribution in [-0.4, -0.2) is 17.9 Å². The highest BCUT2D eigenvalue weighted by Crippen LogP contribution is 2.25. The van der Waals surface area contributed by atoms with Gasteiger partial charge in [-0.25, -0.2) is 4.39 Å². The van der Waals surface area contributed by atoms with Crippen molar-refractivity contribution < 1.29 is 13.6 Å². The summed E-state index contributed by atoms with van der Waals surface area (Å²) in [6, 6.07) is 7.46. The highest BCUT2D eigenvalue weighted by Gasteiger charge is 2.23. The fraction of sp³-hybridized carbons (Fsp3) is 0.214. The maximum atomic E-state index is 13.7. The molecule has 2 rings (SSSR count). The minimum absolute atomic E-state index is 0.0394. The van der Waals surface area contributed by atoms with E-state index < -0.39 is 6.04 Å². The highest BCUT2D eigenvalue weighted by atomic mass is 35.5. The van der Waals surface area contributed by atoms with E-state index in [1.54, 1.807) is 32.2 Å². The van der Waals surface area contributed by atoms with Gasteiger partial charge in [-0.15, -0.1) is 0 Å². The molecule has 0 aliphatic rings. The third-order valence-corrected chi connectivity index (χ3v) is 3.40. The molecule has 0 fully saturated rings. The quantitative estimate of drug-likeness (QED) is 0.855. The molecule has 1 heterocycles. The molecule has 100 valence electrons. The second-order valence-corrected chi connectivity index (χ2v) is 4.56. The average Bonchev–Trinajstić information content (AvgIpc) is 2.83. The lowest BCUT2D eigenvalue weighted by molar-refractivity contribution is 0.0740. The minimum Gasteiger partial charge on any atom is -0.452 e. The minimum atomic E-state index is -0.403. The van der Waals surface area contributed by atoms with Gasteiger partial charge < -0.3 is 9.32 Å². The molecule has 0 saturated heterocycles. The van der Waals surface area contributed by atoms with Crippen molar-refractivity contribution in [3.63, 3.8) is 0 Å². The molecule has 1 unspecified atom stereocenters. The van der Waals surface area contributed by atoms with Gasteiger partial charge in [0, 0.05) is 12.6 Å². The standard InChI is InChI=1S/C14H13ClFNO2/c1-9(10-5-3-4-6-12(10)16)17(2)14(18)11-7-8-19-13(11)15/h3-9H,1-2H3. The molecule has 1 atom stereocenters. The third kappa shape index (κ3) is 2.63. The summed E-state index contributed by atoms with van der Waals surface area (Å²) in [5.41, 5.74) is 0.727. The molecule has 0 aliphatic carbocycles. The number of amides is 1.